The average Bonchev–Trinajstić information content (AvgIpc) is 3.40. The molecule has 0 aromatic heterocycles. The van der Waals surface area contributed by atoms with Gasteiger partial charge < -0.3 is 39.4 Å². The normalized spacial score (nSPS) is 59.2. The molecule has 4 aliphatic carbocycles. The molecule has 7 fully saturated rings. The van der Waals surface area contributed by atoms with Crippen LogP contribution < -0.4 is 0 Å². The van der Waals surface area contributed by atoms with Crippen molar-refractivity contribution in [2.45, 2.75) is 134 Å². The van der Waals surface area contributed by atoms with E-state index in [1.165, 1.54) is 0 Å². The number of fused-ring (bicyclic) bond motifs is 7. The SMILES string of the molecule is CC1CC[C@@]2(OC1)OC1C[C@H]3[C@@H]4CC[C@H]5C[C@@H](O[C@@H]6O[C@H](CO)[C@@H](O)[C@H](O)[C@H]6O)CC[C@]5(C)[C@H]4C(=O)C[C@]3(C)C1[C@@H]2C. The van der Waals surface area contributed by atoms with Crippen LogP contribution in [0.3, 0.4) is 0 Å². The Labute approximate surface area is 249 Å². The lowest BCUT2D eigenvalue weighted by atomic mass is 9.44. The number of ketones is 1. The third-order valence-electron chi connectivity index (χ3n) is 13.7. The minimum absolute atomic E-state index is 0.0507. The van der Waals surface area contributed by atoms with Crippen LogP contribution >= 0.6 is 0 Å². The van der Waals surface area contributed by atoms with Gasteiger partial charge in [-0.05, 0) is 85.4 Å². The Bertz CT molecular complexity index is 1040. The van der Waals surface area contributed by atoms with Crippen LogP contribution in [0.5, 0.6) is 0 Å². The van der Waals surface area contributed by atoms with Crippen molar-refractivity contribution in [3.05, 3.63) is 0 Å². The van der Waals surface area contributed by atoms with E-state index in [-0.39, 0.29) is 34.9 Å². The van der Waals surface area contributed by atoms with Gasteiger partial charge in [-0.3, -0.25) is 4.79 Å². The first-order chi connectivity index (χ1) is 19.9. The smallest absolute Gasteiger partial charge is 0.186 e. The monoisotopic (exact) mass is 592 g/mol. The fourth-order valence-corrected chi connectivity index (χ4v) is 11.5. The molecule has 4 saturated carbocycles. The molecular weight excluding hydrogens is 540 g/mol. The van der Waals surface area contributed by atoms with Gasteiger partial charge in [0.2, 0.25) is 0 Å². The topological polar surface area (TPSA) is 135 Å². The maximum absolute atomic E-state index is 14.3. The Hall–Kier alpha value is -0.650. The van der Waals surface area contributed by atoms with E-state index < -0.39 is 43.1 Å². The Kier molecular flexibility index (Phi) is 7.47. The summed E-state index contributed by atoms with van der Waals surface area (Å²) in [6.07, 6.45) is 1.88. The van der Waals surface area contributed by atoms with Crippen molar-refractivity contribution in [3.8, 4) is 0 Å². The van der Waals surface area contributed by atoms with E-state index in [1.54, 1.807) is 0 Å². The largest absolute Gasteiger partial charge is 0.394 e. The molecule has 7 aliphatic rings. The van der Waals surface area contributed by atoms with Gasteiger partial charge in [0.15, 0.2) is 12.1 Å². The van der Waals surface area contributed by atoms with Crippen molar-refractivity contribution in [2.75, 3.05) is 13.2 Å². The van der Waals surface area contributed by atoms with Gasteiger partial charge >= 0.3 is 0 Å². The summed E-state index contributed by atoms with van der Waals surface area (Å²) < 4.78 is 25.1. The number of aliphatic hydroxyl groups excluding tert-OH is 4. The van der Waals surface area contributed by atoms with E-state index in [1.807, 2.05) is 0 Å². The number of hydrogen-bond acceptors (Lipinski definition) is 9. The third-order valence-corrected chi connectivity index (χ3v) is 13.7. The Balaban J connectivity index is 1.05. The first-order valence-corrected chi connectivity index (χ1v) is 16.7. The molecule has 0 aromatic carbocycles. The Morgan fingerprint density at radius 1 is 0.952 bits per heavy atom. The molecule has 9 heteroatoms. The molecule has 3 heterocycles. The summed E-state index contributed by atoms with van der Waals surface area (Å²) in [5, 5.41) is 40.4. The molecular formula is C33H52O9. The Morgan fingerprint density at radius 2 is 1.74 bits per heavy atom. The maximum atomic E-state index is 14.3. The van der Waals surface area contributed by atoms with E-state index in [0.29, 0.717) is 41.8 Å². The molecule has 4 N–H and O–H groups in total. The molecule has 3 saturated heterocycles. The van der Waals surface area contributed by atoms with Gasteiger partial charge in [-0.2, -0.15) is 0 Å². The van der Waals surface area contributed by atoms with Gasteiger partial charge in [0.05, 0.1) is 25.4 Å². The maximum Gasteiger partial charge on any atom is 0.186 e. The molecule has 0 aromatic rings. The van der Waals surface area contributed by atoms with Crippen molar-refractivity contribution in [2.24, 2.45) is 52.3 Å². The standard InChI is InChI=1S/C33H52O9/c1-16-7-10-33(39-15-16)17(2)25-23(42-33)12-21-20-6-5-18-11-19(40-30-29(38)28(37)27(36)24(14-34)41-30)8-9-31(18,3)26(20)22(35)13-32(21,25)4/h16-21,23-30,34,36-38H,5-15H2,1-4H3/t16?,17-,18-,19-,20-,21-,23?,24+,25?,26+,27+,28-,29+,30+,31-,32-,33+/m0/s1. The first kappa shape index (κ1) is 30.0. The van der Waals surface area contributed by atoms with Crippen LogP contribution in [-0.4, -0.2) is 88.1 Å². The summed E-state index contributed by atoms with van der Waals surface area (Å²) in [5.41, 5.74) is -0.143. The predicted octanol–water partition coefficient (Wildman–Crippen LogP) is 2.80. The van der Waals surface area contributed by atoms with Crippen LogP contribution in [0, 0.1) is 52.3 Å². The highest BCUT2D eigenvalue weighted by atomic mass is 16.7. The molecule has 17 atom stereocenters. The van der Waals surface area contributed by atoms with Crippen molar-refractivity contribution in [1.82, 2.24) is 0 Å². The van der Waals surface area contributed by atoms with Crippen molar-refractivity contribution >= 4 is 5.78 Å². The summed E-state index contributed by atoms with van der Waals surface area (Å²) in [6.45, 7) is 9.57. The summed E-state index contributed by atoms with van der Waals surface area (Å²) in [7, 11) is 0. The highest BCUT2D eigenvalue weighted by Crippen LogP contribution is 2.70. The fraction of sp³-hybridized carbons (Fsp3) is 0.970. The molecule has 3 unspecified atom stereocenters. The minimum Gasteiger partial charge on any atom is -0.394 e. The number of Topliss-reactive ketones (excluding diaryl/α,β-unsaturated/α-hetero) is 1. The summed E-state index contributed by atoms with van der Waals surface area (Å²) in [4.78, 5) is 14.3. The van der Waals surface area contributed by atoms with Gasteiger partial charge in [-0.15, -0.1) is 0 Å². The van der Waals surface area contributed by atoms with Gasteiger partial charge in [0, 0.05) is 24.7 Å². The minimum atomic E-state index is -1.44. The summed E-state index contributed by atoms with van der Waals surface area (Å²) in [6, 6.07) is 0. The summed E-state index contributed by atoms with van der Waals surface area (Å²) in [5.74, 6) is 2.42. The van der Waals surface area contributed by atoms with Crippen molar-refractivity contribution in [1.29, 1.82) is 0 Å². The van der Waals surface area contributed by atoms with Gasteiger partial charge in [-0.25, -0.2) is 0 Å². The molecule has 0 bridgehead atoms. The molecule has 0 radical (unpaired) electrons. The number of ether oxygens (including phenoxy) is 4. The van der Waals surface area contributed by atoms with Crippen LogP contribution in [0.25, 0.3) is 0 Å². The van der Waals surface area contributed by atoms with Gasteiger partial charge in [0.25, 0.3) is 0 Å². The van der Waals surface area contributed by atoms with E-state index in [0.717, 1.165) is 58.0 Å². The second-order valence-electron chi connectivity index (χ2n) is 15.9. The zero-order chi connectivity index (χ0) is 29.8. The van der Waals surface area contributed by atoms with Crippen LogP contribution in [0.2, 0.25) is 0 Å². The number of carbonyl (C=O) groups excluding carboxylic acids is 1. The van der Waals surface area contributed by atoms with Crippen molar-refractivity contribution < 1.29 is 44.2 Å². The molecule has 1 spiro atoms. The van der Waals surface area contributed by atoms with E-state index in [2.05, 4.69) is 27.7 Å². The average molecular weight is 593 g/mol. The lowest BCUT2D eigenvalue weighted by Gasteiger charge is -2.60. The van der Waals surface area contributed by atoms with Gasteiger partial charge in [-0.1, -0.05) is 27.7 Å². The van der Waals surface area contributed by atoms with Gasteiger partial charge in [0.1, 0.15) is 30.2 Å². The van der Waals surface area contributed by atoms with Crippen molar-refractivity contribution in [3.63, 3.8) is 0 Å². The van der Waals surface area contributed by atoms with E-state index in [4.69, 9.17) is 18.9 Å². The zero-order valence-corrected chi connectivity index (χ0v) is 25.7. The Morgan fingerprint density at radius 3 is 2.45 bits per heavy atom. The van der Waals surface area contributed by atoms with Crippen LogP contribution in [-0.2, 0) is 23.7 Å². The second-order valence-corrected chi connectivity index (χ2v) is 15.9. The first-order valence-electron chi connectivity index (χ1n) is 16.7. The predicted molar refractivity (Wildman–Crippen MR) is 151 cm³/mol. The van der Waals surface area contributed by atoms with E-state index >= 15 is 0 Å². The number of aliphatic hydroxyl groups is 4. The molecule has 7 rings (SSSR count). The second kappa shape index (κ2) is 10.4. The van der Waals surface area contributed by atoms with Crippen LogP contribution in [0.4, 0.5) is 0 Å². The van der Waals surface area contributed by atoms with E-state index in [9.17, 15) is 25.2 Å². The lowest BCUT2D eigenvalue weighted by Crippen LogP contribution is -2.61. The van der Waals surface area contributed by atoms with Crippen LogP contribution in [0.15, 0.2) is 0 Å². The number of carbonyl (C=O) groups is 1. The lowest BCUT2D eigenvalue weighted by molar-refractivity contribution is -0.316. The molecule has 42 heavy (non-hydrogen) atoms. The molecule has 3 aliphatic heterocycles. The van der Waals surface area contributed by atoms with Crippen LogP contribution in [0.1, 0.15) is 85.5 Å². The number of rotatable bonds is 3. The third kappa shape index (κ3) is 4.28. The quantitative estimate of drug-likeness (QED) is 0.365. The molecule has 238 valence electrons. The highest BCUT2D eigenvalue weighted by molar-refractivity contribution is 5.84. The highest BCUT2D eigenvalue weighted by Gasteiger charge is 2.70. The summed E-state index contributed by atoms with van der Waals surface area (Å²) >= 11 is 0. The zero-order valence-electron chi connectivity index (χ0n) is 25.7. The molecule has 0 amide bonds. The number of hydrogen-bond donors (Lipinski definition) is 4. The molecule has 9 nitrogen and oxygen atoms in total. The fourth-order valence-electron chi connectivity index (χ4n) is 11.5.